The highest BCUT2D eigenvalue weighted by molar-refractivity contribution is 6.31. The first-order valence-corrected chi connectivity index (χ1v) is 7.03. The van der Waals surface area contributed by atoms with Gasteiger partial charge in [-0.3, -0.25) is 14.9 Å². The highest BCUT2D eigenvalue weighted by Crippen LogP contribution is 2.32. The Balaban J connectivity index is 2.34. The van der Waals surface area contributed by atoms with E-state index in [1.54, 1.807) is 4.90 Å². The van der Waals surface area contributed by atoms with Crippen molar-refractivity contribution in [1.82, 2.24) is 4.90 Å². The maximum Gasteiger partial charge on any atom is 0.282 e. The Morgan fingerprint density at radius 2 is 2.15 bits per heavy atom. The molecule has 0 unspecified atom stereocenters. The van der Waals surface area contributed by atoms with Crippen LogP contribution in [-0.4, -0.2) is 28.3 Å². The third-order valence-corrected chi connectivity index (χ3v) is 3.66. The molecule has 1 aliphatic carbocycles. The van der Waals surface area contributed by atoms with Crippen LogP contribution in [0.2, 0.25) is 5.02 Å². The van der Waals surface area contributed by atoms with Gasteiger partial charge < -0.3 is 4.90 Å². The standard InChI is InChI=1S/C14H17ClN2O3/c1-9(2)16(8-10-3-4-10)14(18)12-7-11(15)5-6-13(12)17(19)20/h5-7,9-10H,3-4,8H2,1-2H3. The lowest BCUT2D eigenvalue weighted by molar-refractivity contribution is -0.385. The van der Waals surface area contributed by atoms with Crippen LogP contribution in [-0.2, 0) is 0 Å². The molecule has 108 valence electrons. The summed E-state index contributed by atoms with van der Waals surface area (Å²) < 4.78 is 0. The number of benzene rings is 1. The number of nitrogens with zero attached hydrogens (tertiary/aromatic N) is 2. The molecule has 6 heteroatoms. The van der Waals surface area contributed by atoms with Crippen molar-refractivity contribution in [2.45, 2.75) is 32.7 Å². The minimum atomic E-state index is -0.542. The van der Waals surface area contributed by atoms with Gasteiger partial charge in [0.2, 0.25) is 0 Å². The van der Waals surface area contributed by atoms with Crippen LogP contribution in [0.25, 0.3) is 0 Å². The molecule has 20 heavy (non-hydrogen) atoms. The molecule has 1 amide bonds. The molecule has 0 radical (unpaired) electrons. The minimum absolute atomic E-state index is 0.00156. The summed E-state index contributed by atoms with van der Waals surface area (Å²) in [5.41, 5.74) is -0.127. The van der Waals surface area contributed by atoms with Crippen LogP contribution in [0.1, 0.15) is 37.0 Å². The van der Waals surface area contributed by atoms with Gasteiger partial charge in [-0.25, -0.2) is 0 Å². The summed E-state index contributed by atoms with van der Waals surface area (Å²) in [7, 11) is 0. The lowest BCUT2D eigenvalue weighted by Crippen LogP contribution is -2.38. The number of rotatable bonds is 5. The van der Waals surface area contributed by atoms with Gasteiger partial charge in [0.1, 0.15) is 5.56 Å². The molecule has 0 heterocycles. The van der Waals surface area contributed by atoms with E-state index < -0.39 is 4.92 Å². The fourth-order valence-electron chi connectivity index (χ4n) is 2.10. The van der Waals surface area contributed by atoms with Crippen molar-refractivity contribution in [2.24, 2.45) is 5.92 Å². The zero-order valence-electron chi connectivity index (χ0n) is 11.5. The molecule has 1 aromatic rings. The van der Waals surface area contributed by atoms with E-state index >= 15 is 0 Å². The molecule has 1 aliphatic rings. The average Bonchev–Trinajstić information content (AvgIpc) is 3.18. The highest BCUT2D eigenvalue weighted by atomic mass is 35.5. The van der Waals surface area contributed by atoms with E-state index in [9.17, 15) is 14.9 Å². The fourth-order valence-corrected chi connectivity index (χ4v) is 2.27. The number of nitro benzene ring substituents is 1. The van der Waals surface area contributed by atoms with Crippen LogP contribution in [0.5, 0.6) is 0 Å². The Bertz CT molecular complexity index is 541. The van der Waals surface area contributed by atoms with Gasteiger partial charge in [-0.15, -0.1) is 0 Å². The molecule has 0 spiro atoms. The summed E-state index contributed by atoms with van der Waals surface area (Å²) in [5, 5.41) is 11.4. The van der Waals surface area contributed by atoms with Crippen molar-refractivity contribution in [3.05, 3.63) is 38.9 Å². The van der Waals surface area contributed by atoms with Crippen molar-refractivity contribution in [3.63, 3.8) is 0 Å². The lowest BCUT2D eigenvalue weighted by Gasteiger charge is -2.26. The van der Waals surface area contributed by atoms with Gasteiger partial charge in [-0.05, 0) is 44.7 Å². The van der Waals surface area contributed by atoms with Crippen LogP contribution in [0.15, 0.2) is 18.2 Å². The second-order valence-corrected chi connectivity index (χ2v) is 5.85. The Kier molecular flexibility index (Phi) is 4.28. The van der Waals surface area contributed by atoms with Crippen molar-refractivity contribution < 1.29 is 9.72 Å². The number of hydrogen-bond acceptors (Lipinski definition) is 3. The van der Waals surface area contributed by atoms with E-state index in [1.165, 1.54) is 18.2 Å². The predicted octanol–water partition coefficient (Wildman–Crippen LogP) is 3.51. The number of nitro groups is 1. The normalized spacial score (nSPS) is 14.4. The van der Waals surface area contributed by atoms with Crippen molar-refractivity contribution in [2.75, 3.05) is 6.54 Å². The highest BCUT2D eigenvalue weighted by Gasteiger charge is 2.31. The summed E-state index contributed by atoms with van der Waals surface area (Å²) >= 11 is 5.87. The zero-order valence-corrected chi connectivity index (χ0v) is 12.3. The molecule has 0 saturated heterocycles. The number of amides is 1. The Morgan fingerprint density at radius 1 is 1.50 bits per heavy atom. The zero-order chi connectivity index (χ0) is 14.9. The van der Waals surface area contributed by atoms with Crippen LogP contribution in [0.4, 0.5) is 5.69 Å². The molecule has 1 fully saturated rings. The lowest BCUT2D eigenvalue weighted by atomic mass is 10.1. The number of hydrogen-bond donors (Lipinski definition) is 0. The second kappa shape index (κ2) is 5.79. The topological polar surface area (TPSA) is 63.5 Å². The molecular formula is C14H17ClN2O3. The molecule has 0 atom stereocenters. The van der Waals surface area contributed by atoms with Gasteiger partial charge in [-0.1, -0.05) is 11.6 Å². The van der Waals surface area contributed by atoms with E-state index in [0.29, 0.717) is 17.5 Å². The molecule has 2 rings (SSSR count). The van der Waals surface area contributed by atoms with Gasteiger partial charge >= 0.3 is 0 Å². The smallest absolute Gasteiger partial charge is 0.282 e. The quantitative estimate of drug-likeness (QED) is 0.617. The Hall–Kier alpha value is -1.62. The first-order valence-electron chi connectivity index (χ1n) is 6.65. The first-order chi connectivity index (χ1) is 9.40. The Labute approximate surface area is 122 Å². The van der Waals surface area contributed by atoms with E-state index in [1.807, 2.05) is 13.8 Å². The Morgan fingerprint density at radius 3 is 2.65 bits per heavy atom. The number of carbonyl (C=O) groups is 1. The molecule has 1 saturated carbocycles. The van der Waals surface area contributed by atoms with Crippen LogP contribution in [0, 0.1) is 16.0 Å². The van der Waals surface area contributed by atoms with Gasteiger partial charge in [0.15, 0.2) is 0 Å². The maximum atomic E-state index is 12.6. The third-order valence-electron chi connectivity index (χ3n) is 3.42. The third kappa shape index (κ3) is 3.28. The molecule has 5 nitrogen and oxygen atoms in total. The second-order valence-electron chi connectivity index (χ2n) is 5.41. The summed E-state index contributed by atoms with van der Waals surface area (Å²) in [6, 6.07) is 4.09. The first kappa shape index (κ1) is 14.8. The fraction of sp³-hybridized carbons (Fsp3) is 0.500. The maximum absolute atomic E-state index is 12.6. The van der Waals surface area contributed by atoms with Crippen LogP contribution < -0.4 is 0 Å². The molecule has 1 aromatic carbocycles. The van der Waals surface area contributed by atoms with E-state index in [2.05, 4.69) is 0 Å². The molecule has 0 N–H and O–H groups in total. The summed E-state index contributed by atoms with van der Waals surface area (Å²) in [5.74, 6) is 0.209. The minimum Gasteiger partial charge on any atom is -0.336 e. The molecule has 0 bridgehead atoms. The molecule has 0 aliphatic heterocycles. The van der Waals surface area contributed by atoms with Crippen molar-refractivity contribution in [3.8, 4) is 0 Å². The van der Waals surface area contributed by atoms with Gasteiger partial charge in [0.05, 0.1) is 4.92 Å². The monoisotopic (exact) mass is 296 g/mol. The van der Waals surface area contributed by atoms with Crippen molar-refractivity contribution >= 4 is 23.2 Å². The molecule has 0 aromatic heterocycles. The van der Waals surface area contributed by atoms with Crippen LogP contribution >= 0.6 is 11.6 Å². The van der Waals surface area contributed by atoms with Crippen LogP contribution in [0.3, 0.4) is 0 Å². The summed E-state index contributed by atoms with van der Waals surface area (Å²) in [6.07, 6.45) is 2.24. The average molecular weight is 297 g/mol. The van der Waals surface area contributed by atoms with E-state index in [4.69, 9.17) is 11.6 Å². The number of carbonyl (C=O) groups excluding carboxylic acids is 1. The largest absolute Gasteiger partial charge is 0.336 e. The molecular weight excluding hydrogens is 280 g/mol. The summed E-state index contributed by atoms with van der Waals surface area (Å²) in [6.45, 7) is 4.48. The number of halogens is 1. The SMILES string of the molecule is CC(C)N(CC1CC1)C(=O)c1cc(Cl)ccc1[N+](=O)[O-]. The predicted molar refractivity (Wildman–Crippen MR) is 77.0 cm³/mol. The van der Waals surface area contributed by atoms with E-state index in [0.717, 1.165) is 12.8 Å². The van der Waals surface area contributed by atoms with Gasteiger partial charge in [-0.2, -0.15) is 0 Å². The van der Waals surface area contributed by atoms with Gasteiger partial charge in [0.25, 0.3) is 11.6 Å². The van der Waals surface area contributed by atoms with E-state index in [-0.39, 0.29) is 23.2 Å². The van der Waals surface area contributed by atoms with Gasteiger partial charge in [0, 0.05) is 23.7 Å². The summed E-state index contributed by atoms with van der Waals surface area (Å²) in [4.78, 5) is 24.8. The van der Waals surface area contributed by atoms with Crippen molar-refractivity contribution in [1.29, 1.82) is 0 Å².